The van der Waals surface area contributed by atoms with Gasteiger partial charge in [-0.1, -0.05) is 200 Å². The van der Waals surface area contributed by atoms with E-state index < -0.39 is 71.2 Å². The lowest BCUT2D eigenvalue weighted by molar-refractivity contribution is -0.297. The van der Waals surface area contributed by atoms with Crippen LogP contribution >= 0.6 is 0 Å². The third-order valence-corrected chi connectivity index (χ3v) is 13.4. The molecular weight excluding hydrogens is 861 g/mol. The molecule has 0 aromatic heterocycles. The van der Waals surface area contributed by atoms with Gasteiger partial charge in [0.2, 0.25) is 0 Å². The Morgan fingerprint density at radius 1 is 0.530 bits per heavy atom. The van der Waals surface area contributed by atoms with Crippen molar-refractivity contribution in [2.45, 2.75) is 288 Å². The van der Waals surface area contributed by atoms with Gasteiger partial charge in [0.15, 0.2) is 12.4 Å². The van der Waals surface area contributed by atoms with Crippen LogP contribution in [0.4, 0.5) is 0 Å². The van der Waals surface area contributed by atoms with E-state index in [4.69, 9.17) is 18.9 Å². The largest absolute Gasteiger partial charge is 0.462 e. The summed E-state index contributed by atoms with van der Waals surface area (Å²) < 4.78 is 54.3. The number of ether oxygens (including phenoxy) is 4. The van der Waals surface area contributed by atoms with E-state index in [1.165, 1.54) is 154 Å². The first kappa shape index (κ1) is 62.2. The maximum Gasteiger partial charge on any atom is 0.306 e. The van der Waals surface area contributed by atoms with Crippen molar-refractivity contribution < 1.29 is 56.8 Å². The predicted molar refractivity (Wildman–Crippen MR) is 265 cm³/mol. The highest BCUT2D eigenvalue weighted by atomic mass is 32.2. The van der Waals surface area contributed by atoms with Crippen LogP contribution in [-0.2, 0) is 38.7 Å². The molecule has 66 heavy (non-hydrogen) atoms. The first-order chi connectivity index (χ1) is 32.0. The van der Waals surface area contributed by atoms with Crippen LogP contribution in [0.5, 0.6) is 0 Å². The van der Waals surface area contributed by atoms with Crippen LogP contribution in [-0.4, -0.2) is 96.0 Å². The van der Waals surface area contributed by atoms with Crippen molar-refractivity contribution in [3.63, 3.8) is 0 Å². The Kier molecular flexibility index (Phi) is 40.7. The zero-order chi connectivity index (χ0) is 48.4. The van der Waals surface area contributed by atoms with Crippen molar-refractivity contribution >= 4 is 22.1 Å². The van der Waals surface area contributed by atoms with Gasteiger partial charge in [-0.3, -0.25) is 14.1 Å². The van der Waals surface area contributed by atoms with Crippen molar-refractivity contribution in [3.05, 3.63) is 17.9 Å². The van der Waals surface area contributed by atoms with Crippen molar-refractivity contribution in [2.24, 2.45) is 0 Å². The average Bonchev–Trinajstić information content (AvgIpc) is 3.28. The zero-order valence-electron chi connectivity index (χ0n) is 41.9. The number of hydrogen-bond donors (Lipinski definition) is 4. The van der Waals surface area contributed by atoms with Gasteiger partial charge in [0.05, 0.1) is 6.61 Å². The van der Waals surface area contributed by atoms with Gasteiger partial charge in [-0.25, -0.2) is 0 Å². The van der Waals surface area contributed by atoms with Crippen molar-refractivity contribution in [1.82, 2.24) is 0 Å². The van der Waals surface area contributed by atoms with E-state index in [1.807, 2.05) is 0 Å². The van der Waals surface area contributed by atoms with Crippen LogP contribution in [0.3, 0.4) is 0 Å². The zero-order valence-corrected chi connectivity index (χ0v) is 42.7. The molecule has 1 saturated heterocycles. The molecule has 0 radical (unpaired) electrons. The number of carbonyl (C=O) groups is 2. The molecule has 0 bridgehead atoms. The maximum atomic E-state index is 12.9. The highest BCUT2D eigenvalue weighted by molar-refractivity contribution is 7.85. The van der Waals surface area contributed by atoms with Crippen molar-refractivity contribution in [1.29, 1.82) is 0 Å². The van der Waals surface area contributed by atoms with Gasteiger partial charge >= 0.3 is 11.9 Å². The molecule has 0 saturated carbocycles. The summed E-state index contributed by atoms with van der Waals surface area (Å²) in [7, 11) is -4.61. The van der Waals surface area contributed by atoms with E-state index in [0.717, 1.165) is 57.8 Å². The second kappa shape index (κ2) is 43.2. The molecule has 1 aliphatic rings. The predicted octanol–water partition coefficient (Wildman–Crippen LogP) is 12.3. The van der Waals surface area contributed by atoms with Gasteiger partial charge in [0.1, 0.15) is 36.8 Å². The number of aliphatic hydroxyl groups is 3. The van der Waals surface area contributed by atoms with E-state index in [1.54, 1.807) is 0 Å². The molecule has 0 aromatic rings. The lowest BCUT2D eigenvalue weighted by Crippen LogP contribution is -2.60. The van der Waals surface area contributed by atoms with E-state index in [2.05, 4.69) is 31.7 Å². The summed E-state index contributed by atoms with van der Waals surface area (Å²) in [6, 6.07) is 0. The van der Waals surface area contributed by atoms with Crippen LogP contribution in [0.25, 0.3) is 0 Å². The molecule has 388 valence electrons. The number of hydrogen-bond acceptors (Lipinski definition) is 11. The second-order valence-corrected chi connectivity index (χ2v) is 20.5. The van der Waals surface area contributed by atoms with Gasteiger partial charge in [-0.15, -0.1) is 5.73 Å². The Bertz CT molecular complexity index is 1320. The third kappa shape index (κ3) is 37.1. The SMILES string of the molecule is CCCCCCCC=C=CCCCCCCCC(=O)OC[C@H](CO[C@H]1O[C@H](CS(=O)(=O)O)[C@@H](O)C(O)C1O)OC(=O)CCCCCCCCCCCCCCCCCCCCCCCCC. The van der Waals surface area contributed by atoms with Gasteiger partial charge < -0.3 is 34.3 Å². The molecule has 1 fully saturated rings. The van der Waals surface area contributed by atoms with Gasteiger partial charge in [0, 0.05) is 12.8 Å². The maximum absolute atomic E-state index is 12.9. The number of carbonyl (C=O) groups excluding carboxylic acids is 2. The van der Waals surface area contributed by atoms with E-state index in [0.29, 0.717) is 12.8 Å². The molecule has 12 nitrogen and oxygen atoms in total. The Morgan fingerprint density at radius 2 is 0.909 bits per heavy atom. The molecule has 1 aliphatic heterocycles. The Balaban J connectivity index is 2.33. The molecule has 1 rings (SSSR count). The van der Waals surface area contributed by atoms with Crippen molar-refractivity contribution in [3.8, 4) is 0 Å². The normalized spacial score (nSPS) is 19.0. The smallest absolute Gasteiger partial charge is 0.306 e. The fourth-order valence-corrected chi connectivity index (χ4v) is 9.11. The summed E-state index contributed by atoms with van der Waals surface area (Å²) in [6.45, 7) is 3.77. The van der Waals surface area contributed by atoms with Gasteiger partial charge in [-0.2, -0.15) is 8.42 Å². The first-order valence-corrected chi connectivity index (χ1v) is 28.6. The van der Waals surface area contributed by atoms with Crippen molar-refractivity contribution in [2.75, 3.05) is 19.0 Å². The lowest BCUT2D eigenvalue weighted by Gasteiger charge is -2.40. The molecule has 4 N–H and O–H groups in total. The minimum Gasteiger partial charge on any atom is -0.462 e. The van der Waals surface area contributed by atoms with Crippen LogP contribution in [0.15, 0.2) is 17.9 Å². The number of esters is 2. The highest BCUT2D eigenvalue weighted by Gasteiger charge is 2.46. The number of rotatable bonds is 46. The van der Waals surface area contributed by atoms with E-state index >= 15 is 0 Å². The van der Waals surface area contributed by atoms with E-state index in [9.17, 15) is 37.9 Å². The Hall–Kier alpha value is -1.83. The topological polar surface area (TPSA) is 186 Å². The number of aliphatic hydroxyl groups excluding tert-OH is 3. The molecule has 0 amide bonds. The Morgan fingerprint density at radius 3 is 1.32 bits per heavy atom. The quantitative estimate of drug-likeness (QED) is 0.0196. The standard InChI is InChI=1S/C53H98O12S/c1-3-5-7-9-11-13-15-17-19-20-21-22-23-24-25-26-28-30-32-34-36-38-40-42-49(55)64-46(44-63-53-52(58)51(57)50(56)47(65-53)45-66(59,60)61)43-62-48(54)41-39-37-35-33-31-29-27-18-16-14-12-10-8-6-4-2/h16,27,46-47,50-53,56-58H,3-15,17,19-26,28-45H2,1-2H3,(H,59,60,61)/t18?,46-,47-,50-,51?,52?,53+/m1/s1. The summed E-state index contributed by atoms with van der Waals surface area (Å²) in [4.78, 5) is 25.5. The average molecular weight is 959 g/mol. The molecule has 0 aromatic carbocycles. The minimum atomic E-state index is -4.61. The number of allylic oxidation sites excluding steroid dienone is 1. The fraction of sp³-hybridized carbons (Fsp3) is 0.906. The molecule has 0 aliphatic carbocycles. The summed E-state index contributed by atoms with van der Waals surface area (Å²) in [6.07, 6.45) is 37.5. The molecule has 13 heteroatoms. The second-order valence-electron chi connectivity index (χ2n) is 19.0. The summed E-state index contributed by atoms with van der Waals surface area (Å²) >= 11 is 0. The van der Waals surface area contributed by atoms with Gasteiger partial charge in [-0.05, 0) is 50.7 Å². The fourth-order valence-electron chi connectivity index (χ4n) is 8.42. The molecular formula is C53H98O12S. The third-order valence-electron chi connectivity index (χ3n) is 12.6. The summed E-state index contributed by atoms with van der Waals surface area (Å²) in [5.74, 6) is -1.99. The summed E-state index contributed by atoms with van der Waals surface area (Å²) in [5, 5.41) is 31.0. The van der Waals surface area contributed by atoms with Crippen LogP contribution in [0, 0.1) is 0 Å². The summed E-state index contributed by atoms with van der Waals surface area (Å²) in [5.41, 5.74) is 3.29. The van der Waals surface area contributed by atoms with Crippen LogP contribution in [0.1, 0.15) is 251 Å². The van der Waals surface area contributed by atoms with Gasteiger partial charge in [0.25, 0.3) is 10.1 Å². The lowest BCUT2D eigenvalue weighted by atomic mass is 10.00. The monoisotopic (exact) mass is 959 g/mol. The highest BCUT2D eigenvalue weighted by Crippen LogP contribution is 2.24. The molecule has 2 unspecified atom stereocenters. The number of unbranched alkanes of at least 4 members (excludes halogenated alkanes) is 32. The van der Waals surface area contributed by atoms with Crippen LogP contribution in [0.2, 0.25) is 0 Å². The van der Waals surface area contributed by atoms with E-state index in [-0.39, 0.29) is 19.4 Å². The Labute approximate surface area is 402 Å². The minimum absolute atomic E-state index is 0.165. The van der Waals surface area contributed by atoms with Crippen LogP contribution < -0.4 is 0 Å². The molecule has 0 spiro atoms. The molecule has 1 heterocycles. The first-order valence-electron chi connectivity index (χ1n) is 27.0. The molecule has 6 atom stereocenters.